The van der Waals surface area contributed by atoms with E-state index in [2.05, 4.69) is 20.8 Å². The Bertz CT molecular complexity index is 1120. The second-order valence-corrected chi connectivity index (χ2v) is 12.7. The van der Waals surface area contributed by atoms with E-state index < -0.39 is 15.9 Å². The Morgan fingerprint density at radius 1 is 1.05 bits per heavy atom. The molecule has 2 heterocycles. The van der Waals surface area contributed by atoms with Crippen LogP contribution in [0.3, 0.4) is 0 Å². The Hall–Kier alpha value is -1.72. The average Bonchev–Trinajstić information content (AvgIpc) is 3.18. The SMILES string of the molecule is CC[NH+](CC)CC.O=C1/C(=C2\C=Cc3ccccc3N2CCCS(=O)(=O)[O-])SC(=S)N1C1CCCCC1. The van der Waals surface area contributed by atoms with Crippen LogP contribution in [0.4, 0.5) is 5.69 Å². The molecule has 0 radical (unpaired) electrons. The number of benzene rings is 1. The average molecular weight is 566 g/mol. The molecule has 0 atom stereocenters. The number of para-hydroxylation sites is 1. The molecule has 1 amide bonds. The smallest absolute Gasteiger partial charge is 0.268 e. The van der Waals surface area contributed by atoms with Crippen molar-refractivity contribution in [1.82, 2.24) is 4.90 Å². The molecular formula is C27H39N3O4S3. The number of carbonyl (C=O) groups is 1. The van der Waals surface area contributed by atoms with Gasteiger partial charge in [0, 0.05) is 24.0 Å². The van der Waals surface area contributed by atoms with Gasteiger partial charge >= 0.3 is 0 Å². The third kappa shape index (κ3) is 7.89. The molecule has 1 aliphatic carbocycles. The fourth-order valence-corrected chi connectivity index (χ4v) is 6.98. The van der Waals surface area contributed by atoms with Gasteiger partial charge in [0.05, 0.1) is 35.4 Å². The van der Waals surface area contributed by atoms with E-state index in [9.17, 15) is 17.8 Å². The number of allylic oxidation sites excluding steroid dienone is 1. The van der Waals surface area contributed by atoms with E-state index >= 15 is 0 Å². The summed E-state index contributed by atoms with van der Waals surface area (Å²) < 4.78 is 33.8. The van der Waals surface area contributed by atoms with Gasteiger partial charge in [-0.3, -0.25) is 9.69 Å². The zero-order valence-corrected chi connectivity index (χ0v) is 24.5. The van der Waals surface area contributed by atoms with Crippen LogP contribution in [0.25, 0.3) is 6.08 Å². The summed E-state index contributed by atoms with van der Waals surface area (Å²) in [5.74, 6) is -0.511. The van der Waals surface area contributed by atoms with E-state index in [4.69, 9.17) is 12.2 Å². The number of thiocarbonyl (C=S) groups is 1. The monoisotopic (exact) mass is 565 g/mol. The number of nitrogens with zero attached hydrogens (tertiary/aromatic N) is 2. The molecule has 2 aliphatic heterocycles. The van der Waals surface area contributed by atoms with E-state index in [0.717, 1.165) is 36.9 Å². The molecular weight excluding hydrogens is 527 g/mol. The highest BCUT2D eigenvalue weighted by molar-refractivity contribution is 8.26. The number of fused-ring (bicyclic) bond motifs is 1. The van der Waals surface area contributed by atoms with Crippen LogP contribution in [-0.4, -0.2) is 66.1 Å². The summed E-state index contributed by atoms with van der Waals surface area (Å²) >= 11 is 6.88. The topological polar surface area (TPSA) is 85.2 Å². The minimum absolute atomic E-state index is 0.0719. The Kier molecular flexibility index (Phi) is 11.2. The maximum absolute atomic E-state index is 13.4. The second kappa shape index (κ2) is 13.9. The van der Waals surface area contributed by atoms with Gasteiger partial charge in [-0.1, -0.05) is 67.5 Å². The molecule has 1 saturated carbocycles. The summed E-state index contributed by atoms with van der Waals surface area (Å²) in [6, 6.07) is 7.89. The lowest BCUT2D eigenvalue weighted by atomic mass is 9.94. The quantitative estimate of drug-likeness (QED) is 0.292. The molecule has 0 bridgehead atoms. The van der Waals surface area contributed by atoms with Gasteiger partial charge in [-0.05, 0) is 57.7 Å². The molecule has 204 valence electrons. The molecule has 37 heavy (non-hydrogen) atoms. The summed E-state index contributed by atoms with van der Waals surface area (Å²) in [4.78, 5) is 19.3. The predicted molar refractivity (Wildman–Crippen MR) is 156 cm³/mol. The summed E-state index contributed by atoms with van der Waals surface area (Å²) in [6.07, 6.45) is 9.38. The van der Waals surface area contributed by atoms with Gasteiger partial charge in [0.2, 0.25) is 0 Å². The fourth-order valence-electron chi connectivity index (χ4n) is 5.04. The number of thioether (sulfide) groups is 1. The van der Waals surface area contributed by atoms with Crippen LogP contribution in [0, 0.1) is 0 Å². The third-order valence-corrected chi connectivity index (χ3v) is 9.38. The van der Waals surface area contributed by atoms with Crippen molar-refractivity contribution >= 4 is 56.1 Å². The highest BCUT2D eigenvalue weighted by Crippen LogP contribution is 2.42. The molecule has 10 heteroatoms. The molecule has 7 nitrogen and oxygen atoms in total. The van der Waals surface area contributed by atoms with Crippen LogP contribution in [-0.2, 0) is 14.9 Å². The van der Waals surface area contributed by atoms with Crippen molar-refractivity contribution in [2.45, 2.75) is 65.3 Å². The van der Waals surface area contributed by atoms with Crippen LogP contribution in [0.1, 0.15) is 64.9 Å². The molecule has 0 aromatic heterocycles. The fraction of sp³-hybridized carbons (Fsp3) is 0.556. The lowest BCUT2D eigenvalue weighted by Gasteiger charge is -2.32. The number of rotatable bonds is 8. The number of quaternary nitrogens is 1. The van der Waals surface area contributed by atoms with Crippen LogP contribution in [0.5, 0.6) is 0 Å². The zero-order valence-electron chi connectivity index (χ0n) is 22.1. The normalized spacial score (nSPS) is 20.4. The van der Waals surface area contributed by atoms with Crippen molar-refractivity contribution in [3.05, 3.63) is 46.5 Å². The van der Waals surface area contributed by atoms with Gasteiger partial charge in [-0.2, -0.15) is 0 Å². The first kappa shape index (κ1) is 29.8. The van der Waals surface area contributed by atoms with Gasteiger partial charge in [-0.15, -0.1) is 0 Å². The summed E-state index contributed by atoms with van der Waals surface area (Å²) in [5.41, 5.74) is 2.59. The van der Waals surface area contributed by atoms with Gasteiger partial charge in [-0.25, -0.2) is 8.42 Å². The molecule has 1 saturated heterocycles. The van der Waals surface area contributed by atoms with Crippen molar-refractivity contribution in [3.8, 4) is 0 Å². The number of amides is 1. The summed E-state index contributed by atoms with van der Waals surface area (Å²) in [5, 5.41) is 0. The second-order valence-electron chi connectivity index (χ2n) is 9.52. The largest absolute Gasteiger partial charge is 0.748 e. The van der Waals surface area contributed by atoms with Gasteiger partial charge in [0.25, 0.3) is 5.91 Å². The first-order valence-corrected chi connectivity index (χ1v) is 16.1. The van der Waals surface area contributed by atoms with E-state index in [1.807, 2.05) is 41.3 Å². The van der Waals surface area contributed by atoms with Crippen LogP contribution in [0.15, 0.2) is 40.9 Å². The maximum atomic E-state index is 13.4. The third-order valence-electron chi connectivity index (χ3n) is 7.19. The van der Waals surface area contributed by atoms with Crippen molar-refractivity contribution in [1.29, 1.82) is 0 Å². The van der Waals surface area contributed by atoms with Crippen molar-refractivity contribution in [2.75, 3.05) is 36.8 Å². The minimum Gasteiger partial charge on any atom is -0.748 e. The molecule has 4 rings (SSSR count). The number of carbonyl (C=O) groups excluding carboxylic acids is 1. The van der Waals surface area contributed by atoms with E-state index in [1.54, 1.807) is 9.80 Å². The number of hydrogen-bond acceptors (Lipinski definition) is 7. The first-order valence-electron chi connectivity index (χ1n) is 13.3. The highest BCUT2D eigenvalue weighted by atomic mass is 32.2. The van der Waals surface area contributed by atoms with E-state index in [1.165, 1.54) is 37.8 Å². The van der Waals surface area contributed by atoms with E-state index in [0.29, 0.717) is 21.5 Å². The molecule has 1 N–H and O–H groups in total. The molecule has 1 aromatic rings. The Morgan fingerprint density at radius 2 is 1.70 bits per heavy atom. The Labute approximate surface area is 231 Å². The van der Waals surface area contributed by atoms with E-state index in [-0.39, 0.29) is 18.4 Å². The molecule has 0 unspecified atom stereocenters. The summed E-state index contributed by atoms with van der Waals surface area (Å²) in [7, 11) is -4.29. The lowest BCUT2D eigenvalue weighted by Crippen LogP contribution is -3.11. The van der Waals surface area contributed by atoms with Crippen molar-refractivity contribution in [2.24, 2.45) is 0 Å². The number of hydrogen-bond donors (Lipinski definition) is 1. The Morgan fingerprint density at radius 3 is 2.30 bits per heavy atom. The molecule has 0 spiro atoms. The van der Waals surface area contributed by atoms with Crippen molar-refractivity contribution in [3.63, 3.8) is 0 Å². The van der Waals surface area contributed by atoms with Crippen molar-refractivity contribution < 1.29 is 22.7 Å². The number of nitrogens with one attached hydrogen (secondary N) is 1. The van der Waals surface area contributed by atoms with Crippen LogP contribution < -0.4 is 9.80 Å². The van der Waals surface area contributed by atoms with Crippen LogP contribution >= 0.6 is 24.0 Å². The molecule has 2 fully saturated rings. The zero-order chi connectivity index (χ0) is 27.0. The lowest BCUT2D eigenvalue weighted by molar-refractivity contribution is -0.894. The Balaban J connectivity index is 0.000000479. The first-order chi connectivity index (χ1) is 17.7. The maximum Gasteiger partial charge on any atom is 0.268 e. The number of anilines is 1. The molecule has 1 aromatic carbocycles. The standard InChI is InChI=1S/C21H24N2O4S3.C6H15N/c24-20-19(29-21(28)23(20)16-8-2-1-3-9-16)18-12-11-15-7-4-5-10-17(15)22(18)13-6-14-30(25,26)27;1-4-7(5-2)6-3/h4-5,7,10-12,16H,1-3,6,8-9,13-14H2,(H,25,26,27);4-6H2,1-3H3/b19-18-;. The molecule has 3 aliphatic rings. The minimum atomic E-state index is -4.29. The summed E-state index contributed by atoms with van der Waals surface area (Å²) in [6.45, 7) is 10.8. The van der Waals surface area contributed by atoms with Crippen LogP contribution in [0.2, 0.25) is 0 Å². The highest BCUT2D eigenvalue weighted by Gasteiger charge is 2.40. The predicted octanol–water partition coefficient (Wildman–Crippen LogP) is 3.79. The van der Waals surface area contributed by atoms with Gasteiger partial charge in [0.1, 0.15) is 9.23 Å². The van der Waals surface area contributed by atoms with Gasteiger partial charge < -0.3 is 14.4 Å². The van der Waals surface area contributed by atoms with Gasteiger partial charge in [0.15, 0.2) is 0 Å².